The van der Waals surface area contributed by atoms with E-state index in [-0.39, 0.29) is 5.16 Å². The van der Waals surface area contributed by atoms with Gasteiger partial charge in [-0.1, -0.05) is 35.5 Å². The maximum Gasteiger partial charge on any atom is 0.256 e. The first-order valence-corrected chi connectivity index (χ1v) is 10.8. The summed E-state index contributed by atoms with van der Waals surface area (Å²) in [4.78, 5) is 21.1. The lowest BCUT2D eigenvalue weighted by atomic mass is 10.0. The number of benzene rings is 1. The molecule has 146 valence electrons. The van der Waals surface area contributed by atoms with Gasteiger partial charge in [0.15, 0.2) is 5.76 Å². The molecular weight excluding hydrogens is 380 g/mol. The molecule has 1 aromatic carbocycles. The predicted octanol–water partition coefficient (Wildman–Crippen LogP) is 1.70. The molecule has 0 aliphatic carbocycles. The molecule has 3 heterocycles. The standard InChI is InChI=1S/C19H20N4O4S/c1-12-14(17(27-22-12)13-6-4-3-5-7-13)10-23-9-8-16-15(11-23)18(24)21-19(20-16)28(2,25)26/h3-7H,8-11H2,1-2H3,(H,20,21,24). The van der Waals surface area contributed by atoms with Crippen LogP contribution in [-0.4, -0.2) is 41.2 Å². The molecule has 1 aliphatic rings. The minimum absolute atomic E-state index is 0.272. The fraction of sp³-hybridized carbons (Fsp3) is 0.316. The van der Waals surface area contributed by atoms with Crippen LogP contribution >= 0.6 is 0 Å². The molecule has 0 saturated carbocycles. The van der Waals surface area contributed by atoms with Crippen molar-refractivity contribution in [2.75, 3.05) is 12.8 Å². The molecule has 2 aromatic heterocycles. The summed E-state index contributed by atoms with van der Waals surface area (Å²) < 4.78 is 28.9. The van der Waals surface area contributed by atoms with Crippen molar-refractivity contribution >= 4 is 9.84 Å². The van der Waals surface area contributed by atoms with Crippen LogP contribution in [0.25, 0.3) is 11.3 Å². The van der Waals surface area contributed by atoms with Crippen LogP contribution in [0.4, 0.5) is 0 Å². The van der Waals surface area contributed by atoms with Crippen LogP contribution in [0, 0.1) is 6.92 Å². The first-order chi connectivity index (χ1) is 13.3. The van der Waals surface area contributed by atoms with Gasteiger partial charge in [0, 0.05) is 43.4 Å². The van der Waals surface area contributed by atoms with Crippen LogP contribution in [0.5, 0.6) is 0 Å². The van der Waals surface area contributed by atoms with Crippen LogP contribution in [-0.2, 0) is 29.3 Å². The zero-order valence-electron chi connectivity index (χ0n) is 15.6. The highest BCUT2D eigenvalue weighted by Gasteiger charge is 2.25. The maximum absolute atomic E-state index is 12.4. The number of fused-ring (bicyclic) bond motifs is 1. The smallest absolute Gasteiger partial charge is 0.256 e. The Morgan fingerprint density at radius 3 is 2.71 bits per heavy atom. The first-order valence-electron chi connectivity index (χ1n) is 8.88. The molecule has 1 N–H and O–H groups in total. The van der Waals surface area contributed by atoms with Crippen molar-refractivity contribution in [2.45, 2.75) is 31.6 Å². The normalized spacial score (nSPS) is 14.8. The van der Waals surface area contributed by atoms with Crippen molar-refractivity contribution in [2.24, 2.45) is 0 Å². The third kappa shape index (κ3) is 3.50. The Labute approximate surface area is 162 Å². The van der Waals surface area contributed by atoms with Gasteiger partial charge in [-0.25, -0.2) is 13.4 Å². The molecule has 0 saturated heterocycles. The van der Waals surface area contributed by atoms with Crippen LogP contribution in [0.1, 0.15) is 22.5 Å². The summed E-state index contributed by atoms with van der Waals surface area (Å²) in [6, 6.07) is 9.77. The SMILES string of the molecule is Cc1noc(-c2ccccc2)c1CN1CCc2nc(S(C)(=O)=O)[nH]c(=O)c2C1. The molecule has 0 spiro atoms. The van der Waals surface area contributed by atoms with Crippen molar-refractivity contribution in [3.8, 4) is 11.3 Å². The zero-order chi connectivity index (χ0) is 19.9. The summed E-state index contributed by atoms with van der Waals surface area (Å²) in [6.45, 7) is 3.52. The molecule has 0 fully saturated rings. The fourth-order valence-electron chi connectivity index (χ4n) is 3.38. The third-order valence-electron chi connectivity index (χ3n) is 4.88. The quantitative estimate of drug-likeness (QED) is 0.664. The van der Waals surface area contributed by atoms with Crippen LogP contribution < -0.4 is 5.56 Å². The van der Waals surface area contributed by atoms with Crippen molar-refractivity contribution in [1.82, 2.24) is 20.0 Å². The van der Waals surface area contributed by atoms with Crippen molar-refractivity contribution < 1.29 is 12.9 Å². The highest BCUT2D eigenvalue weighted by Crippen LogP contribution is 2.28. The molecule has 8 nitrogen and oxygen atoms in total. The number of aromatic amines is 1. The largest absolute Gasteiger partial charge is 0.356 e. The van der Waals surface area contributed by atoms with Crippen LogP contribution in [0.3, 0.4) is 0 Å². The molecule has 28 heavy (non-hydrogen) atoms. The molecule has 0 amide bonds. The maximum atomic E-state index is 12.4. The number of aryl methyl sites for hydroxylation is 1. The minimum atomic E-state index is -3.56. The monoisotopic (exact) mass is 400 g/mol. The number of hydrogen-bond acceptors (Lipinski definition) is 7. The summed E-state index contributed by atoms with van der Waals surface area (Å²) in [5.41, 5.74) is 3.39. The molecule has 0 bridgehead atoms. The summed E-state index contributed by atoms with van der Waals surface area (Å²) in [7, 11) is -3.56. The lowest BCUT2D eigenvalue weighted by Gasteiger charge is -2.27. The van der Waals surface area contributed by atoms with Gasteiger partial charge < -0.3 is 4.52 Å². The fourth-order valence-corrected chi connectivity index (χ4v) is 3.94. The molecule has 4 rings (SSSR count). The number of H-pyrrole nitrogens is 1. The van der Waals surface area contributed by atoms with E-state index in [9.17, 15) is 13.2 Å². The molecular formula is C19H20N4O4S. The van der Waals surface area contributed by atoms with E-state index in [1.54, 1.807) is 0 Å². The van der Waals surface area contributed by atoms with Gasteiger partial charge >= 0.3 is 0 Å². The van der Waals surface area contributed by atoms with E-state index in [1.807, 2.05) is 37.3 Å². The molecule has 0 atom stereocenters. The number of hydrogen-bond donors (Lipinski definition) is 1. The first kappa shape index (κ1) is 18.6. The van der Waals surface area contributed by atoms with Gasteiger partial charge in [-0.05, 0) is 6.92 Å². The van der Waals surface area contributed by atoms with E-state index in [0.717, 1.165) is 28.8 Å². The average Bonchev–Trinajstić information content (AvgIpc) is 3.02. The lowest BCUT2D eigenvalue weighted by molar-refractivity contribution is 0.240. The Bertz CT molecular complexity index is 1180. The summed E-state index contributed by atoms with van der Waals surface area (Å²) >= 11 is 0. The number of rotatable bonds is 4. The van der Waals surface area contributed by atoms with E-state index in [0.29, 0.717) is 37.3 Å². The second-order valence-electron chi connectivity index (χ2n) is 6.97. The van der Waals surface area contributed by atoms with Gasteiger partial charge in [0.05, 0.1) is 17.0 Å². The van der Waals surface area contributed by atoms with Gasteiger partial charge in [0.25, 0.3) is 5.56 Å². The molecule has 0 unspecified atom stereocenters. The third-order valence-corrected chi connectivity index (χ3v) is 5.78. The Balaban J connectivity index is 1.62. The predicted molar refractivity (Wildman–Crippen MR) is 102 cm³/mol. The Kier molecular flexibility index (Phi) is 4.64. The molecule has 9 heteroatoms. The lowest BCUT2D eigenvalue weighted by Crippen LogP contribution is -2.36. The van der Waals surface area contributed by atoms with Gasteiger partial charge in [-0.3, -0.25) is 14.7 Å². The molecule has 3 aromatic rings. The van der Waals surface area contributed by atoms with Crippen molar-refractivity contribution in [3.05, 3.63) is 63.2 Å². The van der Waals surface area contributed by atoms with Crippen molar-refractivity contribution in [3.63, 3.8) is 0 Å². The Morgan fingerprint density at radius 1 is 1.25 bits per heavy atom. The number of sulfone groups is 1. The molecule has 0 radical (unpaired) electrons. The number of nitrogens with one attached hydrogen (secondary N) is 1. The zero-order valence-corrected chi connectivity index (χ0v) is 16.4. The molecule has 1 aliphatic heterocycles. The van der Waals surface area contributed by atoms with E-state index in [1.165, 1.54) is 0 Å². The summed E-state index contributed by atoms with van der Waals surface area (Å²) in [5, 5.41) is 3.84. The average molecular weight is 400 g/mol. The summed E-state index contributed by atoms with van der Waals surface area (Å²) in [6.07, 6.45) is 1.54. The van der Waals surface area contributed by atoms with Gasteiger partial charge in [-0.15, -0.1) is 0 Å². The van der Waals surface area contributed by atoms with Crippen LogP contribution in [0.2, 0.25) is 0 Å². The van der Waals surface area contributed by atoms with Gasteiger partial charge in [-0.2, -0.15) is 0 Å². The number of aromatic nitrogens is 3. The summed E-state index contributed by atoms with van der Waals surface area (Å²) in [5.74, 6) is 0.725. The van der Waals surface area contributed by atoms with E-state index in [2.05, 4.69) is 20.0 Å². The van der Waals surface area contributed by atoms with E-state index < -0.39 is 15.4 Å². The second kappa shape index (κ2) is 6.99. The van der Waals surface area contributed by atoms with Crippen molar-refractivity contribution in [1.29, 1.82) is 0 Å². The highest BCUT2D eigenvalue weighted by atomic mass is 32.2. The topological polar surface area (TPSA) is 109 Å². The van der Waals surface area contributed by atoms with E-state index >= 15 is 0 Å². The Morgan fingerprint density at radius 2 is 2.00 bits per heavy atom. The minimum Gasteiger partial charge on any atom is -0.356 e. The van der Waals surface area contributed by atoms with E-state index in [4.69, 9.17) is 4.52 Å². The second-order valence-corrected chi connectivity index (χ2v) is 8.90. The number of nitrogens with zero attached hydrogens (tertiary/aromatic N) is 3. The van der Waals surface area contributed by atoms with Gasteiger partial charge in [0.2, 0.25) is 15.0 Å². The Hall–Kier alpha value is -2.78. The van der Waals surface area contributed by atoms with Crippen LogP contribution in [0.15, 0.2) is 44.8 Å². The van der Waals surface area contributed by atoms with Gasteiger partial charge in [0.1, 0.15) is 0 Å². The highest BCUT2D eigenvalue weighted by molar-refractivity contribution is 7.90.